The quantitative estimate of drug-likeness (QED) is 0.877. The van der Waals surface area contributed by atoms with E-state index >= 15 is 0 Å². The van der Waals surface area contributed by atoms with Gasteiger partial charge < -0.3 is 5.11 Å². The smallest absolute Gasteiger partial charge is 0.240 e. The van der Waals surface area contributed by atoms with Crippen molar-refractivity contribution in [2.75, 3.05) is 6.54 Å². The zero-order valence-corrected chi connectivity index (χ0v) is 13.7. The van der Waals surface area contributed by atoms with Crippen molar-refractivity contribution in [1.29, 1.82) is 0 Å². The Morgan fingerprint density at radius 3 is 2.40 bits per heavy atom. The molecular weight excluding hydrogens is 274 g/mol. The third-order valence-electron chi connectivity index (χ3n) is 2.99. The fourth-order valence-electron chi connectivity index (χ4n) is 2.06. The molecule has 0 heterocycles. The van der Waals surface area contributed by atoms with Gasteiger partial charge in [-0.05, 0) is 42.9 Å². The van der Waals surface area contributed by atoms with E-state index in [9.17, 15) is 13.5 Å². The molecule has 1 unspecified atom stereocenters. The summed E-state index contributed by atoms with van der Waals surface area (Å²) in [5.74, 6) is 0. The van der Waals surface area contributed by atoms with E-state index in [1.807, 2.05) is 33.8 Å². The fraction of sp³-hybridized carbons (Fsp3) is 0.600. The van der Waals surface area contributed by atoms with E-state index in [4.69, 9.17) is 0 Å². The molecule has 0 aliphatic rings. The Bertz CT molecular complexity index is 559. The molecule has 0 spiro atoms. The van der Waals surface area contributed by atoms with Crippen molar-refractivity contribution in [3.8, 4) is 0 Å². The summed E-state index contributed by atoms with van der Waals surface area (Å²) < 4.78 is 27.0. The molecule has 1 rings (SSSR count). The number of sulfonamides is 1. The van der Waals surface area contributed by atoms with Gasteiger partial charge in [-0.3, -0.25) is 0 Å². The zero-order chi connectivity index (χ0) is 15.6. The van der Waals surface area contributed by atoms with Gasteiger partial charge in [0, 0.05) is 6.54 Å². The van der Waals surface area contributed by atoms with Crippen LogP contribution in [0.3, 0.4) is 0 Å². The normalized spacial score (nSPS) is 14.3. The van der Waals surface area contributed by atoms with Crippen LogP contribution in [0.4, 0.5) is 0 Å². The van der Waals surface area contributed by atoms with Gasteiger partial charge in [0.2, 0.25) is 10.0 Å². The number of nitrogens with one attached hydrogen (secondary N) is 1. The number of aryl methyl sites for hydroxylation is 2. The first-order chi connectivity index (χ1) is 9.01. The van der Waals surface area contributed by atoms with E-state index < -0.39 is 16.1 Å². The van der Waals surface area contributed by atoms with Gasteiger partial charge in [0.1, 0.15) is 0 Å². The standard InChI is InChI=1S/C15H25NO3S/c1-11-6-7-12(2)14(8-11)20(18,19)16-10-13(17)9-15(3,4)5/h6-8,13,16-17H,9-10H2,1-5H3. The monoisotopic (exact) mass is 299 g/mol. The zero-order valence-electron chi connectivity index (χ0n) is 12.9. The van der Waals surface area contributed by atoms with Gasteiger partial charge in [-0.1, -0.05) is 32.9 Å². The molecule has 5 heteroatoms. The van der Waals surface area contributed by atoms with Crippen molar-refractivity contribution < 1.29 is 13.5 Å². The van der Waals surface area contributed by atoms with E-state index in [0.29, 0.717) is 12.0 Å². The highest BCUT2D eigenvalue weighted by atomic mass is 32.2. The molecule has 0 saturated carbocycles. The van der Waals surface area contributed by atoms with Gasteiger partial charge in [-0.25, -0.2) is 13.1 Å². The predicted molar refractivity (Wildman–Crippen MR) is 81.2 cm³/mol. The molecule has 0 bridgehead atoms. The second-order valence-electron chi connectivity index (χ2n) is 6.54. The average molecular weight is 299 g/mol. The predicted octanol–water partition coefficient (Wildman–Crippen LogP) is 2.38. The Labute approximate surface area is 122 Å². The highest BCUT2D eigenvalue weighted by molar-refractivity contribution is 7.89. The summed E-state index contributed by atoms with van der Waals surface area (Å²) in [5, 5.41) is 9.89. The molecule has 0 saturated heterocycles. The Morgan fingerprint density at radius 1 is 1.25 bits per heavy atom. The Hall–Kier alpha value is -0.910. The maximum atomic E-state index is 12.3. The SMILES string of the molecule is Cc1ccc(C)c(S(=O)(=O)NCC(O)CC(C)(C)C)c1. The Morgan fingerprint density at radius 2 is 1.85 bits per heavy atom. The van der Waals surface area contributed by atoms with Gasteiger partial charge >= 0.3 is 0 Å². The number of hydrogen-bond acceptors (Lipinski definition) is 3. The van der Waals surface area contributed by atoms with Crippen LogP contribution in [0.5, 0.6) is 0 Å². The summed E-state index contributed by atoms with van der Waals surface area (Å²) >= 11 is 0. The third kappa shape index (κ3) is 5.23. The van der Waals surface area contributed by atoms with Crippen LogP contribution in [0, 0.1) is 19.3 Å². The Balaban J connectivity index is 2.78. The van der Waals surface area contributed by atoms with Crippen molar-refractivity contribution in [3.63, 3.8) is 0 Å². The first-order valence-electron chi connectivity index (χ1n) is 6.76. The van der Waals surface area contributed by atoms with Crippen LogP contribution in [0.2, 0.25) is 0 Å². The molecule has 2 N–H and O–H groups in total. The molecule has 20 heavy (non-hydrogen) atoms. The molecule has 0 aliphatic heterocycles. The summed E-state index contributed by atoms with van der Waals surface area (Å²) in [6.07, 6.45) is -0.141. The number of aliphatic hydroxyl groups excluding tert-OH is 1. The second-order valence-corrected chi connectivity index (χ2v) is 8.27. The van der Waals surface area contributed by atoms with Gasteiger partial charge in [0.05, 0.1) is 11.0 Å². The van der Waals surface area contributed by atoms with Crippen molar-refractivity contribution in [2.24, 2.45) is 5.41 Å². The van der Waals surface area contributed by atoms with Gasteiger partial charge in [-0.2, -0.15) is 0 Å². The molecule has 114 valence electrons. The molecule has 1 aromatic carbocycles. The van der Waals surface area contributed by atoms with Crippen LogP contribution in [0.25, 0.3) is 0 Å². The molecule has 0 radical (unpaired) electrons. The lowest BCUT2D eigenvalue weighted by molar-refractivity contribution is 0.125. The molecule has 0 aliphatic carbocycles. The topological polar surface area (TPSA) is 66.4 Å². The van der Waals surface area contributed by atoms with Crippen molar-refractivity contribution in [2.45, 2.75) is 52.0 Å². The lowest BCUT2D eigenvalue weighted by atomic mass is 9.89. The lowest BCUT2D eigenvalue weighted by Gasteiger charge is -2.22. The maximum absolute atomic E-state index is 12.3. The third-order valence-corrected chi connectivity index (χ3v) is 4.56. The van der Waals surface area contributed by atoms with Crippen LogP contribution in [0.1, 0.15) is 38.3 Å². The molecule has 1 atom stereocenters. The van der Waals surface area contributed by atoms with Crippen LogP contribution in [-0.2, 0) is 10.0 Å². The molecule has 0 fully saturated rings. The molecule has 1 aromatic rings. The lowest BCUT2D eigenvalue weighted by Crippen LogP contribution is -2.34. The van der Waals surface area contributed by atoms with E-state index in [1.165, 1.54) is 0 Å². The Kier molecular flexibility index (Phi) is 5.35. The largest absolute Gasteiger partial charge is 0.392 e. The minimum Gasteiger partial charge on any atom is -0.392 e. The molecular formula is C15H25NO3S. The van der Waals surface area contributed by atoms with E-state index in [1.54, 1.807) is 19.1 Å². The number of aliphatic hydroxyl groups is 1. The average Bonchev–Trinajstić information content (AvgIpc) is 2.27. The maximum Gasteiger partial charge on any atom is 0.240 e. The number of benzene rings is 1. The first-order valence-corrected chi connectivity index (χ1v) is 8.24. The van der Waals surface area contributed by atoms with Crippen LogP contribution < -0.4 is 4.72 Å². The number of hydrogen-bond donors (Lipinski definition) is 2. The summed E-state index contributed by atoms with van der Waals surface area (Å²) in [7, 11) is -3.57. The van der Waals surface area contributed by atoms with E-state index in [2.05, 4.69) is 4.72 Å². The summed E-state index contributed by atoms with van der Waals surface area (Å²) in [6.45, 7) is 9.68. The van der Waals surface area contributed by atoms with Crippen LogP contribution in [-0.4, -0.2) is 26.2 Å². The minimum atomic E-state index is -3.57. The van der Waals surface area contributed by atoms with Gasteiger partial charge in [0.25, 0.3) is 0 Å². The van der Waals surface area contributed by atoms with E-state index in [0.717, 1.165) is 5.56 Å². The van der Waals surface area contributed by atoms with Crippen LogP contribution in [0.15, 0.2) is 23.1 Å². The minimum absolute atomic E-state index is 0.0347. The second kappa shape index (κ2) is 6.24. The van der Waals surface area contributed by atoms with Gasteiger partial charge in [-0.15, -0.1) is 0 Å². The van der Waals surface area contributed by atoms with Crippen molar-refractivity contribution in [1.82, 2.24) is 4.72 Å². The summed E-state index contributed by atoms with van der Waals surface area (Å²) in [4.78, 5) is 0.278. The van der Waals surface area contributed by atoms with Gasteiger partial charge in [0.15, 0.2) is 0 Å². The fourth-order valence-corrected chi connectivity index (χ4v) is 3.46. The molecule has 4 nitrogen and oxygen atoms in total. The molecule has 0 amide bonds. The summed E-state index contributed by atoms with van der Waals surface area (Å²) in [5.41, 5.74) is 1.56. The van der Waals surface area contributed by atoms with Crippen molar-refractivity contribution in [3.05, 3.63) is 29.3 Å². The highest BCUT2D eigenvalue weighted by Gasteiger charge is 2.21. The first kappa shape index (κ1) is 17.1. The highest BCUT2D eigenvalue weighted by Crippen LogP contribution is 2.21. The number of rotatable bonds is 5. The summed E-state index contributed by atoms with van der Waals surface area (Å²) in [6, 6.07) is 5.31. The molecule has 0 aromatic heterocycles. The van der Waals surface area contributed by atoms with E-state index in [-0.39, 0.29) is 16.9 Å². The van der Waals surface area contributed by atoms with Crippen LogP contribution >= 0.6 is 0 Å². The van der Waals surface area contributed by atoms with Crippen molar-refractivity contribution >= 4 is 10.0 Å².